The monoisotopic (exact) mass is 267 g/mol. The van der Waals surface area contributed by atoms with Gasteiger partial charge in [-0.05, 0) is 29.8 Å². The van der Waals surface area contributed by atoms with Crippen molar-refractivity contribution in [3.05, 3.63) is 28.3 Å². The van der Waals surface area contributed by atoms with Crippen molar-refractivity contribution in [1.82, 2.24) is 19.7 Å². The van der Waals surface area contributed by atoms with Crippen LogP contribution in [0.3, 0.4) is 0 Å². The fraction of sp³-hybridized carbons (Fsp3) is 0.222. The number of halogens is 1. The zero-order valence-corrected chi connectivity index (χ0v) is 9.98. The molecule has 0 fully saturated rings. The van der Waals surface area contributed by atoms with Gasteiger partial charge in [0.15, 0.2) is 5.82 Å². The first-order valence-corrected chi connectivity index (χ1v) is 5.19. The molecule has 0 unspecified atom stereocenters. The second-order valence-electron chi connectivity index (χ2n) is 3.20. The Kier molecular flexibility index (Phi) is 2.44. The molecule has 0 aliphatic rings. The Morgan fingerprint density at radius 1 is 1.33 bits per heavy atom. The summed E-state index contributed by atoms with van der Waals surface area (Å²) in [5.41, 5.74) is 6.72. The van der Waals surface area contributed by atoms with Gasteiger partial charge in [-0.15, -0.1) is 0 Å². The first-order chi connectivity index (χ1) is 7.08. The van der Waals surface area contributed by atoms with Crippen LogP contribution in [0.5, 0.6) is 0 Å². The summed E-state index contributed by atoms with van der Waals surface area (Å²) in [6.45, 7) is 3.75. The Balaban J connectivity index is 2.58. The van der Waals surface area contributed by atoms with Gasteiger partial charge in [-0.1, -0.05) is 0 Å². The number of aryl methyl sites for hydroxylation is 2. The molecule has 5 nitrogen and oxygen atoms in total. The van der Waals surface area contributed by atoms with Crippen LogP contribution in [0, 0.1) is 13.8 Å². The smallest absolute Gasteiger partial charge is 0.159 e. The van der Waals surface area contributed by atoms with Gasteiger partial charge in [0.1, 0.15) is 11.6 Å². The van der Waals surface area contributed by atoms with E-state index in [1.165, 1.54) is 0 Å². The van der Waals surface area contributed by atoms with Crippen molar-refractivity contribution in [3.8, 4) is 5.82 Å². The predicted molar refractivity (Wildman–Crippen MR) is 60.7 cm³/mol. The summed E-state index contributed by atoms with van der Waals surface area (Å²) < 4.78 is 2.34. The van der Waals surface area contributed by atoms with Gasteiger partial charge in [0.05, 0.1) is 10.7 Å². The molecule has 15 heavy (non-hydrogen) atoms. The number of nitrogens with zero attached hydrogens (tertiary/aromatic N) is 4. The van der Waals surface area contributed by atoms with Crippen molar-refractivity contribution in [3.63, 3.8) is 0 Å². The molecule has 78 valence electrons. The van der Waals surface area contributed by atoms with E-state index in [4.69, 9.17) is 5.73 Å². The van der Waals surface area contributed by atoms with E-state index in [1.807, 2.05) is 19.9 Å². The summed E-state index contributed by atoms with van der Waals surface area (Å²) >= 11 is 3.30. The number of aromatic nitrogens is 4. The van der Waals surface area contributed by atoms with Crippen LogP contribution in [0.1, 0.15) is 11.5 Å². The fourth-order valence-electron chi connectivity index (χ4n) is 1.33. The molecular formula is C9H10BrN5. The van der Waals surface area contributed by atoms with Crippen molar-refractivity contribution in [2.75, 3.05) is 5.73 Å². The lowest BCUT2D eigenvalue weighted by Gasteiger charge is -2.04. The van der Waals surface area contributed by atoms with E-state index < -0.39 is 0 Å². The van der Waals surface area contributed by atoms with Crippen molar-refractivity contribution in [1.29, 1.82) is 0 Å². The summed E-state index contributed by atoms with van der Waals surface area (Å²) in [5, 5.41) is 4.12. The molecule has 6 heteroatoms. The van der Waals surface area contributed by atoms with Crippen molar-refractivity contribution < 1.29 is 0 Å². The van der Waals surface area contributed by atoms with Crippen LogP contribution >= 0.6 is 15.9 Å². The molecule has 0 bridgehead atoms. The van der Waals surface area contributed by atoms with E-state index in [9.17, 15) is 0 Å². The summed E-state index contributed by atoms with van der Waals surface area (Å²) in [4.78, 5) is 8.46. The summed E-state index contributed by atoms with van der Waals surface area (Å²) in [6, 6.07) is 1.84. The van der Waals surface area contributed by atoms with Gasteiger partial charge in [-0.2, -0.15) is 9.78 Å². The predicted octanol–water partition coefficient (Wildman–Crippen LogP) is 1.62. The van der Waals surface area contributed by atoms with E-state index in [0.29, 0.717) is 17.5 Å². The zero-order valence-electron chi connectivity index (χ0n) is 8.40. The molecule has 2 aromatic rings. The lowest BCUT2D eigenvalue weighted by molar-refractivity contribution is 0.831. The highest BCUT2D eigenvalue weighted by atomic mass is 79.9. The number of hydrogen-bond donors (Lipinski definition) is 1. The van der Waals surface area contributed by atoms with Crippen LogP contribution in [0.15, 0.2) is 16.7 Å². The molecule has 2 N–H and O–H groups in total. The number of hydrogen-bond acceptors (Lipinski definition) is 4. The van der Waals surface area contributed by atoms with Gasteiger partial charge in [-0.25, -0.2) is 9.97 Å². The highest BCUT2D eigenvalue weighted by molar-refractivity contribution is 9.10. The van der Waals surface area contributed by atoms with Crippen LogP contribution in [-0.2, 0) is 0 Å². The first-order valence-electron chi connectivity index (χ1n) is 4.39. The van der Waals surface area contributed by atoms with Gasteiger partial charge in [0.25, 0.3) is 0 Å². The third kappa shape index (κ3) is 1.85. The topological polar surface area (TPSA) is 69.6 Å². The van der Waals surface area contributed by atoms with Gasteiger partial charge in [-0.3, -0.25) is 0 Å². The van der Waals surface area contributed by atoms with E-state index in [2.05, 4.69) is 31.0 Å². The van der Waals surface area contributed by atoms with Gasteiger partial charge >= 0.3 is 0 Å². The quantitative estimate of drug-likeness (QED) is 0.853. The lowest BCUT2D eigenvalue weighted by Crippen LogP contribution is -2.06. The van der Waals surface area contributed by atoms with Gasteiger partial charge in [0.2, 0.25) is 0 Å². The Morgan fingerprint density at radius 2 is 2.07 bits per heavy atom. The van der Waals surface area contributed by atoms with Crippen molar-refractivity contribution in [2.45, 2.75) is 13.8 Å². The standard InChI is InChI=1S/C9H10BrN5/c1-5-3-8(14-6(2)13-5)15-9(11)7(10)4-12-15/h3-4H,11H2,1-2H3. The minimum atomic E-state index is 0.535. The normalized spacial score (nSPS) is 10.6. The third-order valence-corrected chi connectivity index (χ3v) is 2.54. The Hall–Kier alpha value is -1.43. The van der Waals surface area contributed by atoms with Crippen molar-refractivity contribution >= 4 is 21.7 Å². The van der Waals surface area contributed by atoms with Crippen LogP contribution < -0.4 is 5.73 Å². The van der Waals surface area contributed by atoms with E-state index in [0.717, 1.165) is 10.2 Å². The lowest BCUT2D eigenvalue weighted by atomic mass is 10.4. The highest BCUT2D eigenvalue weighted by Crippen LogP contribution is 2.20. The van der Waals surface area contributed by atoms with Crippen LogP contribution in [0.2, 0.25) is 0 Å². The average Bonchev–Trinajstić information content (AvgIpc) is 2.46. The second-order valence-corrected chi connectivity index (χ2v) is 4.06. The zero-order chi connectivity index (χ0) is 11.0. The average molecular weight is 268 g/mol. The minimum Gasteiger partial charge on any atom is -0.383 e. The summed E-state index contributed by atoms with van der Waals surface area (Å²) in [6.07, 6.45) is 1.64. The molecule has 2 aromatic heterocycles. The van der Waals surface area contributed by atoms with Crippen LogP contribution in [0.25, 0.3) is 5.82 Å². The van der Waals surface area contributed by atoms with Crippen LogP contribution in [-0.4, -0.2) is 19.7 Å². The molecule has 0 aromatic carbocycles. The third-order valence-electron chi connectivity index (χ3n) is 1.93. The Morgan fingerprint density at radius 3 is 2.60 bits per heavy atom. The molecule has 0 aliphatic heterocycles. The van der Waals surface area contributed by atoms with E-state index >= 15 is 0 Å². The number of rotatable bonds is 1. The van der Waals surface area contributed by atoms with Gasteiger partial charge < -0.3 is 5.73 Å². The number of anilines is 1. The first kappa shape index (κ1) is 10.1. The summed E-state index contributed by atoms with van der Waals surface area (Å²) in [5.74, 6) is 1.92. The molecule has 2 heterocycles. The molecule has 0 radical (unpaired) electrons. The molecule has 2 rings (SSSR count). The molecule has 0 saturated carbocycles. The molecule has 0 saturated heterocycles. The summed E-state index contributed by atoms with van der Waals surface area (Å²) in [7, 11) is 0. The van der Waals surface area contributed by atoms with Crippen molar-refractivity contribution in [2.24, 2.45) is 0 Å². The largest absolute Gasteiger partial charge is 0.383 e. The molecular weight excluding hydrogens is 258 g/mol. The maximum absolute atomic E-state index is 5.83. The SMILES string of the molecule is Cc1cc(-n2ncc(Br)c2N)nc(C)n1. The number of nitrogen functional groups attached to an aromatic ring is 1. The van der Waals surface area contributed by atoms with Gasteiger partial charge in [0, 0.05) is 11.8 Å². The Bertz CT molecular complexity index is 485. The number of nitrogens with two attached hydrogens (primary N) is 1. The minimum absolute atomic E-state index is 0.535. The maximum atomic E-state index is 5.83. The van der Waals surface area contributed by atoms with E-state index in [-0.39, 0.29) is 0 Å². The molecule has 0 atom stereocenters. The molecule has 0 spiro atoms. The Labute approximate surface area is 95.5 Å². The van der Waals surface area contributed by atoms with E-state index in [1.54, 1.807) is 10.9 Å². The van der Waals surface area contributed by atoms with Crippen LogP contribution in [0.4, 0.5) is 5.82 Å². The molecule has 0 amide bonds. The highest BCUT2D eigenvalue weighted by Gasteiger charge is 2.08. The second kappa shape index (κ2) is 3.62. The maximum Gasteiger partial charge on any atom is 0.159 e. The fourth-order valence-corrected chi connectivity index (χ4v) is 1.59. The molecule has 0 aliphatic carbocycles.